The molecule has 1 aromatic carbocycles. The van der Waals surface area contributed by atoms with Gasteiger partial charge in [-0.15, -0.1) is 0 Å². The van der Waals surface area contributed by atoms with Crippen molar-refractivity contribution in [1.82, 2.24) is 5.32 Å². The van der Waals surface area contributed by atoms with Crippen LogP contribution in [0.1, 0.15) is 12.5 Å². The highest BCUT2D eigenvalue weighted by molar-refractivity contribution is 7.91. The van der Waals surface area contributed by atoms with Gasteiger partial charge < -0.3 is 15.0 Å². The fraction of sp³-hybridized carbons (Fsp3) is 0.600. The molecular formula is C15H24N2O3S. The summed E-state index contributed by atoms with van der Waals surface area (Å²) in [5, 5.41) is 3.30. The average Bonchev–Trinajstić information content (AvgIpc) is 2.44. The van der Waals surface area contributed by atoms with Crippen molar-refractivity contribution in [3.63, 3.8) is 0 Å². The van der Waals surface area contributed by atoms with E-state index in [0.29, 0.717) is 13.2 Å². The summed E-state index contributed by atoms with van der Waals surface area (Å²) in [4.78, 5) is 2.17. The van der Waals surface area contributed by atoms with E-state index < -0.39 is 9.84 Å². The maximum atomic E-state index is 11.6. The molecule has 0 spiro atoms. The molecule has 0 saturated carbocycles. The molecule has 0 aliphatic carbocycles. The summed E-state index contributed by atoms with van der Waals surface area (Å²) in [7, 11) is -1.17. The predicted octanol–water partition coefficient (Wildman–Crippen LogP) is 1.05. The minimum absolute atomic E-state index is 0.0365. The Morgan fingerprint density at radius 1 is 1.33 bits per heavy atom. The quantitative estimate of drug-likeness (QED) is 0.796. The van der Waals surface area contributed by atoms with Crippen LogP contribution in [0.5, 0.6) is 0 Å². The first-order valence-electron chi connectivity index (χ1n) is 7.27. The molecule has 1 heterocycles. The number of benzene rings is 1. The van der Waals surface area contributed by atoms with Crippen LogP contribution in [0, 0.1) is 0 Å². The van der Waals surface area contributed by atoms with Crippen LogP contribution in [0.2, 0.25) is 0 Å². The molecule has 21 heavy (non-hydrogen) atoms. The average molecular weight is 312 g/mol. The molecule has 0 aromatic heterocycles. The number of methoxy groups -OCH3 is 1. The summed E-state index contributed by atoms with van der Waals surface area (Å²) in [5.74, 6) is 0.491. The molecule has 1 atom stereocenters. The number of nitrogens with one attached hydrogen (secondary N) is 1. The van der Waals surface area contributed by atoms with Crippen molar-refractivity contribution in [1.29, 1.82) is 0 Å². The molecule has 0 radical (unpaired) electrons. The number of ether oxygens (including phenoxy) is 1. The summed E-state index contributed by atoms with van der Waals surface area (Å²) in [5.41, 5.74) is 2.31. The maximum Gasteiger partial charge on any atom is 0.154 e. The lowest BCUT2D eigenvalue weighted by molar-refractivity contribution is 0.199. The second kappa shape index (κ2) is 7.24. The SMILES string of the molecule is COCCNCc1ccc(N2CCS(=O)(=O)CC2C)cc1. The molecule has 1 aliphatic rings. The van der Waals surface area contributed by atoms with Gasteiger partial charge in [-0.3, -0.25) is 0 Å². The van der Waals surface area contributed by atoms with E-state index in [1.54, 1.807) is 7.11 Å². The fourth-order valence-electron chi connectivity index (χ4n) is 2.59. The molecule has 0 bridgehead atoms. The summed E-state index contributed by atoms with van der Waals surface area (Å²) in [6.45, 7) is 4.90. The van der Waals surface area contributed by atoms with E-state index in [4.69, 9.17) is 4.74 Å². The van der Waals surface area contributed by atoms with Crippen LogP contribution in [-0.4, -0.2) is 52.8 Å². The van der Waals surface area contributed by atoms with Crippen molar-refractivity contribution in [2.75, 3.05) is 43.2 Å². The molecular weight excluding hydrogens is 288 g/mol. The van der Waals surface area contributed by atoms with Gasteiger partial charge in [-0.1, -0.05) is 12.1 Å². The van der Waals surface area contributed by atoms with Gasteiger partial charge in [0.05, 0.1) is 18.1 Å². The molecule has 5 nitrogen and oxygen atoms in total. The molecule has 1 aliphatic heterocycles. The summed E-state index contributed by atoms with van der Waals surface area (Å²) >= 11 is 0. The zero-order valence-electron chi connectivity index (χ0n) is 12.7. The van der Waals surface area contributed by atoms with Crippen LogP contribution in [0.25, 0.3) is 0 Å². The van der Waals surface area contributed by atoms with Gasteiger partial charge in [0, 0.05) is 38.5 Å². The zero-order chi connectivity index (χ0) is 15.3. The van der Waals surface area contributed by atoms with Crippen LogP contribution in [0.4, 0.5) is 5.69 Å². The van der Waals surface area contributed by atoms with E-state index >= 15 is 0 Å². The van der Waals surface area contributed by atoms with Gasteiger partial charge >= 0.3 is 0 Å². The molecule has 1 fully saturated rings. The smallest absolute Gasteiger partial charge is 0.154 e. The number of nitrogens with zero attached hydrogens (tertiary/aromatic N) is 1. The number of hydrogen-bond donors (Lipinski definition) is 1. The molecule has 1 unspecified atom stereocenters. The van der Waals surface area contributed by atoms with Gasteiger partial charge in [0.2, 0.25) is 0 Å². The van der Waals surface area contributed by atoms with Gasteiger partial charge in [-0.25, -0.2) is 8.42 Å². The lowest BCUT2D eigenvalue weighted by atomic mass is 10.1. The highest BCUT2D eigenvalue weighted by Gasteiger charge is 2.28. The van der Waals surface area contributed by atoms with E-state index in [1.165, 1.54) is 5.56 Å². The second-order valence-electron chi connectivity index (χ2n) is 5.49. The van der Waals surface area contributed by atoms with Crippen molar-refractivity contribution in [3.05, 3.63) is 29.8 Å². The van der Waals surface area contributed by atoms with Crippen LogP contribution in [-0.2, 0) is 21.1 Å². The Kier molecular flexibility index (Phi) is 5.61. The van der Waals surface area contributed by atoms with E-state index in [0.717, 1.165) is 18.8 Å². The summed E-state index contributed by atoms with van der Waals surface area (Å²) < 4.78 is 28.2. The van der Waals surface area contributed by atoms with Crippen LogP contribution in [0.3, 0.4) is 0 Å². The van der Waals surface area contributed by atoms with Gasteiger partial charge in [0.15, 0.2) is 9.84 Å². The van der Waals surface area contributed by atoms with Crippen molar-refractivity contribution < 1.29 is 13.2 Å². The first-order valence-corrected chi connectivity index (χ1v) is 9.09. The highest BCUT2D eigenvalue weighted by Crippen LogP contribution is 2.22. The fourth-order valence-corrected chi connectivity index (χ4v) is 4.15. The molecule has 118 valence electrons. The van der Waals surface area contributed by atoms with Gasteiger partial charge in [0.1, 0.15) is 0 Å². The number of sulfone groups is 1. The van der Waals surface area contributed by atoms with Crippen molar-refractivity contribution >= 4 is 15.5 Å². The van der Waals surface area contributed by atoms with E-state index in [9.17, 15) is 8.42 Å². The number of hydrogen-bond acceptors (Lipinski definition) is 5. The minimum Gasteiger partial charge on any atom is -0.383 e. The highest BCUT2D eigenvalue weighted by atomic mass is 32.2. The standard InChI is InChI=1S/C15H24N2O3S/c1-13-12-21(18,19)10-8-17(13)15-5-3-14(4-6-15)11-16-7-9-20-2/h3-6,13,16H,7-12H2,1-2H3. The lowest BCUT2D eigenvalue weighted by Crippen LogP contribution is -2.47. The Morgan fingerprint density at radius 3 is 2.67 bits per heavy atom. The maximum absolute atomic E-state index is 11.6. The Bertz CT molecular complexity index is 543. The summed E-state index contributed by atoms with van der Waals surface area (Å²) in [6, 6.07) is 8.36. The second-order valence-corrected chi connectivity index (χ2v) is 7.72. The summed E-state index contributed by atoms with van der Waals surface area (Å²) in [6.07, 6.45) is 0. The first kappa shape index (κ1) is 16.3. The molecule has 1 saturated heterocycles. The topological polar surface area (TPSA) is 58.6 Å². The lowest BCUT2D eigenvalue weighted by Gasteiger charge is -2.35. The van der Waals surface area contributed by atoms with Crippen molar-refractivity contribution in [2.45, 2.75) is 19.5 Å². The zero-order valence-corrected chi connectivity index (χ0v) is 13.5. The van der Waals surface area contributed by atoms with Crippen LogP contribution >= 0.6 is 0 Å². The molecule has 0 amide bonds. The van der Waals surface area contributed by atoms with Crippen LogP contribution < -0.4 is 10.2 Å². The third-order valence-electron chi connectivity index (χ3n) is 3.75. The number of rotatable bonds is 6. The first-order chi connectivity index (χ1) is 10.0. The van der Waals surface area contributed by atoms with E-state index in [1.807, 2.05) is 6.92 Å². The Labute approximate surface area is 127 Å². The Balaban J connectivity index is 1.93. The minimum atomic E-state index is -2.86. The van der Waals surface area contributed by atoms with Gasteiger partial charge in [-0.2, -0.15) is 0 Å². The predicted molar refractivity (Wildman–Crippen MR) is 85.5 cm³/mol. The van der Waals surface area contributed by atoms with Gasteiger partial charge in [0.25, 0.3) is 0 Å². The van der Waals surface area contributed by atoms with Gasteiger partial charge in [-0.05, 0) is 24.6 Å². The normalized spacial score (nSPS) is 21.4. The third-order valence-corrected chi connectivity index (χ3v) is 5.55. The van der Waals surface area contributed by atoms with Crippen molar-refractivity contribution in [2.24, 2.45) is 0 Å². The molecule has 1 N–H and O–H groups in total. The largest absolute Gasteiger partial charge is 0.383 e. The Morgan fingerprint density at radius 2 is 2.05 bits per heavy atom. The monoisotopic (exact) mass is 312 g/mol. The van der Waals surface area contributed by atoms with E-state index in [-0.39, 0.29) is 17.5 Å². The van der Waals surface area contributed by atoms with Crippen molar-refractivity contribution in [3.8, 4) is 0 Å². The third kappa shape index (κ3) is 4.69. The van der Waals surface area contributed by atoms with E-state index in [2.05, 4.69) is 34.5 Å². The Hall–Kier alpha value is -1.11. The molecule has 1 aromatic rings. The molecule has 2 rings (SSSR count). The van der Waals surface area contributed by atoms with Crippen LogP contribution in [0.15, 0.2) is 24.3 Å². The molecule has 6 heteroatoms. The number of anilines is 1.